The first kappa shape index (κ1) is 59.5. The summed E-state index contributed by atoms with van der Waals surface area (Å²) in [4.78, 5) is 35.5. The van der Waals surface area contributed by atoms with Crippen LogP contribution in [-0.2, 0) is 32.7 Å². The number of esters is 2. The number of carbonyl (C=O) groups excluding carboxylic acids is 2. The highest BCUT2D eigenvalue weighted by Gasteiger charge is 2.27. The van der Waals surface area contributed by atoms with E-state index in [2.05, 4.69) is 55.5 Å². The molecule has 0 aliphatic carbocycles. The molecule has 4 N–H and O–H groups in total. The lowest BCUT2D eigenvalue weighted by Crippen LogP contribution is -2.37. The van der Waals surface area contributed by atoms with Gasteiger partial charge in [0, 0.05) is 12.8 Å². The third-order valence-electron chi connectivity index (χ3n) is 9.13. The first-order valence-electron chi connectivity index (χ1n) is 22.9. The van der Waals surface area contributed by atoms with E-state index in [1.807, 2.05) is 40.2 Å². The first-order chi connectivity index (χ1) is 30.2. The third-order valence-corrected chi connectivity index (χ3v) is 10.1. The first-order valence-corrected chi connectivity index (χ1v) is 24.4. The van der Waals surface area contributed by atoms with Crippen molar-refractivity contribution >= 4 is 19.8 Å². The van der Waals surface area contributed by atoms with Crippen LogP contribution in [0.3, 0.4) is 0 Å². The predicted octanol–water partition coefficient (Wildman–Crippen LogP) is 10.0. The number of quaternary nitrogens is 1. The van der Waals surface area contributed by atoms with E-state index in [4.69, 9.17) is 18.5 Å². The number of hydrogen-bond donors (Lipinski definition) is 4. The van der Waals surface area contributed by atoms with E-state index in [0.29, 0.717) is 23.9 Å². The van der Waals surface area contributed by atoms with Gasteiger partial charge in [-0.1, -0.05) is 142 Å². The number of ether oxygens (including phenoxy) is 2. The van der Waals surface area contributed by atoms with Gasteiger partial charge in [-0.3, -0.25) is 18.6 Å². The molecule has 1 unspecified atom stereocenters. The van der Waals surface area contributed by atoms with Crippen LogP contribution < -0.4 is 0 Å². The highest BCUT2D eigenvalue weighted by molar-refractivity contribution is 7.47. The molecule has 0 spiro atoms. The number of nitrogens with zero attached hydrogens (tertiary/aromatic N) is 1. The van der Waals surface area contributed by atoms with Crippen LogP contribution in [0.4, 0.5) is 0 Å². The van der Waals surface area contributed by atoms with Crippen LogP contribution in [0.2, 0.25) is 0 Å². The highest BCUT2D eigenvalue weighted by atomic mass is 31.2. The van der Waals surface area contributed by atoms with Crippen molar-refractivity contribution in [2.45, 2.75) is 147 Å². The lowest BCUT2D eigenvalue weighted by Gasteiger charge is -2.24. The summed E-state index contributed by atoms with van der Waals surface area (Å²) in [5.41, 5.74) is 0. The van der Waals surface area contributed by atoms with Crippen LogP contribution in [-0.4, -0.2) is 109 Å². The normalized spacial score (nSPS) is 16.0. The van der Waals surface area contributed by atoms with Crippen LogP contribution in [0.5, 0.6) is 0 Å². The van der Waals surface area contributed by atoms with Crippen molar-refractivity contribution in [2.24, 2.45) is 0 Å². The van der Waals surface area contributed by atoms with Gasteiger partial charge in [-0.25, -0.2) is 4.57 Å². The van der Waals surface area contributed by atoms with Gasteiger partial charge in [0.2, 0.25) is 0 Å². The quantitative estimate of drug-likeness (QED) is 0.0116. The molecule has 0 saturated carbocycles. The SMILES string of the molecule is CC/C=C\C[C@H](O)/C=C/C=C/C=C\C=C/[C@@H](O)[C@H](O)CCCC(=O)O[C@H](COC(=O)CCCCC/C=C\C/C=C\C/C=C\C/C=C\CCCCC)COP(=O)(O)OCC[N+](C)(C)C. The van der Waals surface area contributed by atoms with Crippen LogP contribution in [0, 0.1) is 0 Å². The summed E-state index contributed by atoms with van der Waals surface area (Å²) >= 11 is 0. The second kappa shape index (κ2) is 40.1. The molecular weight excluding hydrogens is 822 g/mol. The Kier molecular flexibility index (Phi) is 37.9. The Hall–Kier alpha value is -3.45. The van der Waals surface area contributed by atoms with Crippen LogP contribution in [0.1, 0.15) is 123 Å². The largest absolute Gasteiger partial charge is 0.472 e. The molecule has 12 nitrogen and oxygen atoms in total. The number of allylic oxidation sites excluding steroid dienone is 15. The van der Waals surface area contributed by atoms with Gasteiger partial charge in [0.05, 0.1) is 46.1 Å². The summed E-state index contributed by atoms with van der Waals surface area (Å²) in [6, 6.07) is 0. The number of aliphatic hydroxyl groups excluding tert-OH is 3. The maximum absolute atomic E-state index is 12.7. The van der Waals surface area contributed by atoms with E-state index in [9.17, 15) is 34.4 Å². The number of phosphoric ester groups is 1. The second-order valence-corrected chi connectivity index (χ2v) is 17.7. The molecule has 0 bridgehead atoms. The zero-order valence-corrected chi connectivity index (χ0v) is 40.0. The Balaban J connectivity index is 4.74. The monoisotopic (exact) mass is 905 g/mol. The van der Waals surface area contributed by atoms with Crippen molar-refractivity contribution < 1.29 is 57.4 Å². The van der Waals surface area contributed by atoms with Crippen molar-refractivity contribution in [3.05, 3.63) is 109 Å². The van der Waals surface area contributed by atoms with Gasteiger partial charge >= 0.3 is 19.8 Å². The molecule has 0 saturated heterocycles. The van der Waals surface area contributed by atoms with Crippen molar-refractivity contribution in [1.29, 1.82) is 0 Å². The van der Waals surface area contributed by atoms with E-state index >= 15 is 0 Å². The van der Waals surface area contributed by atoms with E-state index in [0.717, 1.165) is 44.9 Å². The summed E-state index contributed by atoms with van der Waals surface area (Å²) in [7, 11) is 1.22. The molecule has 0 aromatic carbocycles. The molecule has 0 radical (unpaired) electrons. The van der Waals surface area contributed by atoms with Crippen molar-refractivity contribution in [3.8, 4) is 0 Å². The van der Waals surface area contributed by atoms with Gasteiger partial charge in [-0.05, 0) is 77.0 Å². The fourth-order valence-corrected chi connectivity index (χ4v) is 6.14. The average Bonchev–Trinajstić information content (AvgIpc) is 3.23. The van der Waals surface area contributed by atoms with Gasteiger partial charge < -0.3 is 34.2 Å². The average molecular weight is 905 g/mol. The Morgan fingerprint density at radius 3 is 1.81 bits per heavy atom. The minimum absolute atomic E-state index is 0.0448. The molecule has 5 atom stereocenters. The minimum atomic E-state index is -4.49. The summed E-state index contributed by atoms with van der Waals surface area (Å²) in [6.07, 6.45) is 43.7. The van der Waals surface area contributed by atoms with E-state index in [1.54, 1.807) is 42.5 Å². The van der Waals surface area contributed by atoms with Crippen LogP contribution in [0.25, 0.3) is 0 Å². The number of carbonyl (C=O) groups is 2. The third kappa shape index (κ3) is 42.3. The molecule has 0 aromatic rings. The summed E-state index contributed by atoms with van der Waals surface area (Å²) in [5.74, 6) is -1.18. The molecule has 0 heterocycles. The molecule has 13 heteroatoms. The molecule has 0 aromatic heterocycles. The molecule has 0 aliphatic rings. The van der Waals surface area contributed by atoms with E-state index < -0.39 is 50.8 Å². The minimum Gasteiger partial charge on any atom is -0.462 e. The number of hydrogen-bond acceptors (Lipinski definition) is 10. The van der Waals surface area contributed by atoms with E-state index in [-0.39, 0.29) is 38.9 Å². The Morgan fingerprint density at radius 2 is 1.21 bits per heavy atom. The van der Waals surface area contributed by atoms with E-state index in [1.165, 1.54) is 31.8 Å². The number of rotatable bonds is 39. The zero-order chi connectivity index (χ0) is 46.9. The molecular formula is C50H83NO11P+. The smallest absolute Gasteiger partial charge is 0.462 e. The highest BCUT2D eigenvalue weighted by Crippen LogP contribution is 2.43. The molecule has 0 aliphatic heterocycles. The molecule has 0 rings (SSSR count). The fourth-order valence-electron chi connectivity index (χ4n) is 5.40. The maximum Gasteiger partial charge on any atom is 0.472 e. The summed E-state index contributed by atoms with van der Waals surface area (Å²) in [5, 5.41) is 30.6. The molecule has 0 amide bonds. The maximum atomic E-state index is 12.7. The Morgan fingerprint density at radius 1 is 0.635 bits per heavy atom. The predicted molar refractivity (Wildman–Crippen MR) is 256 cm³/mol. The topological polar surface area (TPSA) is 169 Å². The number of likely N-dealkylation sites (N-methyl/N-ethyl adjacent to an activating group) is 1. The number of phosphoric acid groups is 1. The summed E-state index contributed by atoms with van der Waals surface area (Å²) in [6.45, 7) is 3.73. The number of aliphatic hydroxyl groups is 3. The molecule has 0 fully saturated rings. The summed E-state index contributed by atoms with van der Waals surface area (Å²) < 4.78 is 34.0. The lowest BCUT2D eigenvalue weighted by molar-refractivity contribution is -0.870. The number of unbranched alkanes of at least 4 members (excludes halogenated alkanes) is 6. The second-order valence-electron chi connectivity index (χ2n) is 16.3. The molecule has 63 heavy (non-hydrogen) atoms. The fraction of sp³-hybridized carbons (Fsp3) is 0.600. The van der Waals surface area contributed by atoms with Crippen molar-refractivity contribution in [2.75, 3.05) is 47.5 Å². The standard InChI is InChI=1S/C50H82NO11P/c1-6-8-10-11-12-13-14-15-16-17-18-19-20-21-22-23-24-29-33-39-49(55)59-43-46(44-61-63(57,58)60-42-41-51(3,4)5)62-50(56)40-34-38-48(54)47(53)37-32-28-26-25-27-31-36-45(52)35-30-9-7-2/h9,12-13,15-16,18-19,21-22,25-28,30-32,36-37,45-48,52-54H,6-8,10-11,14,17,20,23-24,29,33-35,38-44H2,1-5H3/p+1/b13-12-,16-15-,19-18-,22-21-,27-25+,28-26-,30-9-,36-31+,37-32-/t45-,46+,47+,48+/m0/s1. The van der Waals surface area contributed by atoms with Crippen LogP contribution >= 0.6 is 7.82 Å². The van der Waals surface area contributed by atoms with Crippen molar-refractivity contribution in [1.82, 2.24) is 0 Å². The van der Waals surface area contributed by atoms with Crippen LogP contribution in [0.15, 0.2) is 109 Å². The Bertz CT molecular complexity index is 1490. The van der Waals surface area contributed by atoms with Crippen molar-refractivity contribution in [3.63, 3.8) is 0 Å². The van der Waals surface area contributed by atoms with Gasteiger partial charge in [0.25, 0.3) is 0 Å². The zero-order valence-electron chi connectivity index (χ0n) is 39.1. The van der Waals surface area contributed by atoms with Gasteiger partial charge in [-0.2, -0.15) is 0 Å². The van der Waals surface area contributed by atoms with Gasteiger partial charge in [0.15, 0.2) is 6.10 Å². The molecule has 358 valence electrons. The Labute approximate surface area is 380 Å². The lowest BCUT2D eigenvalue weighted by atomic mass is 10.1. The van der Waals surface area contributed by atoms with Gasteiger partial charge in [-0.15, -0.1) is 0 Å². The van der Waals surface area contributed by atoms with Gasteiger partial charge in [0.1, 0.15) is 19.8 Å².